The van der Waals surface area contributed by atoms with Gasteiger partial charge in [-0.3, -0.25) is 0 Å². The molecule has 2 aliphatic heterocycles. The molecule has 2 saturated carbocycles. The van der Waals surface area contributed by atoms with E-state index in [1.807, 2.05) is 32.2 Å². The predicted molar refractivity (Wildman–Crippen MR) is 138 cm³/mol. The number of hydrogen-bond donors (Lipinski definition) is 2. The molecule has 0 radical (unpaired) electrons. The number of hydrogen-bond acceptors (Lipinski definition) is 5. The first-order valence-corrected chi connectivity index (χ1v) is 13.6. The van der Waals surface area contributed by atoms with Crippen LogP contribution in [0.5, 0.6) is 11.5 Å². The molecule has 1 saturated heterocycles. The third kappa shape index (κ3) is 2.48. The molecule has 2 spiro atoms. The van der Waals surface area contributed by atoms with E-state index in [0.29, 0.717) is 12.6 Å². The van der Waals surface area contributed by atoms with Crippen molar-refractivity contribution in [3.8, 4) is 11.5 Å². The fraction of sp³-hybridized carbons (Fsp3) is 0.613. The summed E-state index contributed by atoms with van der Waals surface area (Å²) in [6.45, 7) is 9.96. The largest absolute Gasteiger partial charge is 0.485 e. The molecular weight excluding hydrogens is 450 g/mol. The Kier molecular flexibility index (Phi) is 4.52. The SMILES string of the molecule is CO[C@]12CC3(C[C@@H]1C(C)(O)C(C)(C)C)C1Cc4ccc(OCc5ccccc5)c5c4C3(CCN1)C2O5. The van der Waals surface area contributed by atoms with E-state index in [4.69, 9.17) is 14.2 Å². The van der Waals surface area contributed by atoms with Gasteiger partial charge in [-0.2, -0.15) is 0 Å². The van der Waals surface area contributed by atoms with Gasteiger partial charge in [0.1, 0.15) is 18.3 Å². The molecule has 2 heterocycles. The van der Waals surface area contributed by atoms with Gasteiger partial charge in [0.25, 0.3) is 0 Å². The molecule has 36 heavy (non-hydrogen) atoms. The lowest BCUT2D eigenvalue weighted by molar-refractivity contribution is -0.208. The maximum atomic E-state index is 12.1. The Bertz CT molecular complexity index is 1220. The molecule has 3 aliphatic carbocycles. The van der Waals surface area contributed by atoms with Crippen molar-refractivity contribution in [2.24, 2.45) is 16.7 Å². The van der Waals surface area contributed by atoms with Crippen LogP contribution in [0.25, 0.3) is 0 Å². The van der Waals surface area contributed by atoms with Crippen molar-refractivity contribution in [3.63, 3.8) is 0 Å². The highest BCUT2D eigenvalue weighted by Crippen LogP contribution is 2.80. The topological polar surface area (TPSA) is 60.0 Å². The van der Waals surface area contributed by atoms with Crippen LogP contribution in [0.2, 0.25) is 0 Å². The first kappa shape index (κ1) is 23.1. The van der Waals surface area contributed by atoms with Crippen LogP contribution in [0, 0.1) is 16.7 Å². The zero-order valence-electron chi connectivity index (χ0n) is 22.2. The summed E-state index contributed by atoms with van der Waals surface area (Å²) in [5, 5.41) is 16.0. The van der Waals surface area contributed by atoms with E-state index in [-0.39, 0.29) is 28.3 Å². The normalized spacial score (nSPS) is 38.9. The molecule has 3 fully saturated rings. The molecule has 7 rings (SSSR count). The standard InChI is InChI=1S/C31H39NO4/c1-27(2,3)28(4,33)22-16-29-18-31(22,34-5)26-30(29)13-14-32-23(29)15-20-11-12-21(25(36-26)24(20)30)35-17-19-9-7-6-8-10-19/h6-12,22-23,26,32-33H,13-18H2,1-5H3/t22-,23?,26?,28?,29?,30?,31-/m1/s1. The van der Waals surface area contributed by atoms with Gasteiger partial charge in [-0.1, -0.05) is 57.2 Å². The Hall–Kier alpha value is -2.08. The van der Waals surface area contributed by atoms with Crippen molar-refractivity contribution in [1.29, 1.82) is 0 Å². The Morgan fingerprint density at radius 1 is 1.11 bits per heavy atom. The van der Waals surface area contributed by atoms with Gasteiger partial charge < -0.3 is 24.6 Å². The maximum absolute atomic E-state index is 12.1. The second-order valence-corrected chi connectivity index (χ2v) is 13.3. The summed E-state index contributed by atoms with van der Waals surface area (Å²) >= 11 is 0. The molecule has 2 aromatic rings. The molecule has 7 atom stereocenters. The number of piperidine rings is 1. The van der Waals surface area contributed by atoms with E-state index in [1.54, 1.807) is 0 Å². The number of nitrogens with one attached hydrogen (secondary N) is 1. The molecule has 2 N–H and O–H groups in total. The van der Waals surface area contributed by atoms with Gasteiger partial charge in [0.15, 0.2) is 11.5 Å². The van der Waals surface area contributed by atoms with Crippen LogP contribution in [-0.2, 0) is 23.2 Å². The third-order valence-electron chi connectivity index (χ3n) is 11.2. The first-order chi connectivity index (χ1) is 17.1. The van der Waals surface area contributed by atoms with Crippen molar-refractivity contribution in [2.45, 2.75) is 88.7 Å². The van der Waals surface area contributed by atoms with Crippen molar-refractivity contribution in [2.75, 3.05) is 13.7 Å². The molecule has 4 bridgehead atoms. The van der Waals surface area contributed by atoms with Gasteiger partial charge in [0.05, 0.1) is 5.60 Å². The fourth-order valence-corrected chi connectivity index (χ4v) is 9.17. The maximum Gasteiger partial charge on any atom is 0.166 e. The van der Waals surface area contributed by atoms with Crippen LogP contribution >= 0.6 is 0 Å². The molecule has 5 unspecified atom stereocenters. The predicted octanol–water partition coefficient (Wildman–Crippen LogP) is 4.77. The minimum atomic E-state index is -0.895. The highest BCUT2D eigenvalue weighted by Gasteiger charge is 2.86. The monoisotopic (exact) mass is 489 g/mol. The van der Waals surface area contributed by atoms with Gasteiger partial charge in [0.2, 0.25) is 0 Å². The zero-order chi connectivity index (χ0) is 25.1. The van der Waals surface area contributed by atoms with E-state index in [1.165, 1.54) is 11.1 Å². The summed E-state index contributed by atoms with van der Waals surface area (Å²) in [5.41, 5.74) is 2.09. The molecular formula is C31H39NO4. The van der Waals surface area contributed by atoms with Gasteiger partial charge in [-0.15, -0.1) is 0 Å². The van der Waals surface area contributed by atoms with Crippen LogP contribution in [0.1, 0.15) is 63.6 Å². The summed E-state index contributed by atoms with van der Waals surface area (Å²) in [6, 6.07) is 15.1. The molecule has 5 heteroatoms. The van der Waals surface area contributed by atoms with E-state index in [9.17, 15) is 5.11 Å². The molecule has 5 aliphatic rings. The van der Waals surface area contributed by atoms with Crippen LogP contribution < -0.4 is 14.8 Å². The number of ether oxygens (including phenoxy) is 3. The second kappa shape index (κ2) is 7.06. The van der Waals surface area contributed by atoms with E-state index in [0.717, 1.165) is 49.3 Å². The van der Waals surface area contributed by atoms with Crippen LogP contribution in [0.15, 0.2) is 42.5 Å². The van der Waals surface area contributed by atoms with E-state index in [2.05, 4.69) is 50.4 Å². The van der Waals surface area contributed by atoms with Gasteiger partial charge >= 0.3 is 0 Å². The fourth-order valence-electron chi connectivity index (χ4n) is 9.17. The summed E-state index contributed by atoms with van der Waals surface area (Å²) in [6.07, 6.45) is 3.79. The highest BCUT2D eigenvalue weighted by atomic mass is 16.6. The third-order valence-corrected chi connectivity index (χ3v) is 11.2. The average molecular weight is 490 g/mol. The lowest BCUT2D eigenvalue weighted by Crippen LogP contribution is -2.71. The van der Waals surface area contributed by atoms with Gasteiger partial charge in [-0.05, 0) is 61.8 Å². The summed E-state index contributed by atoms with van der Waals surface area (Å²) < 4.78 is 20.1. The van der Waals surface area contributed by atoms with Gasteiger partial charge in [0, 0.05) is 35.5 Å². The quantitative estimate of drug-likeness (QED) is 0.633. The average Bonchev–Trinajstić information content (AvgIpc) is 3.45. The minimum absolute atomic E-state index is 0.00212. The number of rotatable bonds is 5. The van der Waals surface area contributed by atoms with E-state index >= 15 is 0 Å². The van der Waals surface area contributed by atoms with Gasteiger partial charge in [-0.25, -0.2) is 0 Å². The smallest absolute Gasteiger partial charge is 0.166 e. The Morgan fingerprint density at radius 3 is 2.61 bits per heavy atom. The zero-order valence-corrected chi connectivity index (χ0v) is 22.2. The molecule has 5 nitrogen and oxygen atoms in total. The number of methoxy groups -OCH3 is 1. The van der Waals surface area contributed by atoms with Crippen molar-refractivity contribution < 1.29 is 19.3 Å². The first-order valence-electron chi connectivity index (χ1n) is 13.6. The van der Waals surface area contributed by atoms with Crippen LogP contribution in [-0.4, -0.2) is 42.1 Å². The van der Waals surface area contributed by atoms with Crippen molar-refractivity contribution in [3.05, 3.63) is 59.2 Å². The summed E-state index contributed by atoms with van der Waals surface area (Å²) in [4.78, 5) is 0. The number of fused-ring (bicyclic) bond motifs is 2. The Balaban J connectivity index is 1.38. The summed E-state index contributed by atoms with van der Waals surface area (Å²) in [5.74, 6) is 1.74. The Morgan fingerprint density at radius 2 is 1.89 bits per heavy atom. The molecule has 0 amide bonds. The Labute approximate surface area is 214 Å². The van der Waals surface area contributed by atoms with Crippen LogP contribution in [0.3, 0.4) is 0 Å². The highest BCUT2D eigenvalue weighted by molar-refractivity contribution is 5.65. The van der Waals surface area contributed by atoms with Crippen molar-refractivity contribution in [1.82, 2.24) is 5.32 Å². The van der Waals surface area contributed by atoms with E-state index < -0.39 is 11.2 Å². The summed E-state index contributed by atoms with van der Waals surface area (Å²) in [7, 11) is 1.84. The molecule has 192 valence electrons. The molecule has 2 aromatic carbocycles. The van der Waals surface area contributed by atoms with Crippen molar-refractivity contribution >= 4 is 0 Å². The number of aliphatic hydroxyl groups is 1. The number of benzene rings is 2. The van der Waals surface area contributed by atoms with Crippen LogP contribution in [0.4, 0.5) is 0 Å². The molecule has 0 aromatic heterocycles. The minimum Gasteiger partial charge on any atom is -0.485 e. The lowest BCUT2D eigenvalue weighted by Gasteiger charge is -2.61. The lowest BCUT2D eigenvalue weighted by atomic mass is 9.46. The second-order valence-electron chi connectivity index (χ2n) is 13.3.